The summed E-state index contributed by atoms with van der Waals surface area (Å²) in [6.07, 6.45) is 1.77. The van der Waals surface area contributed by atoms with Crippen LogP contribution in [-0.4, -0.2) is 42.6 Å². The lowest BCUT2D eigenvalue weighted by atomic mass is 10.2. The number of nitrogens with zero attached hydrogens (tertiary/aromatic N) is 3. The predicted octanol–water partition coefficient (Wildman–Crippen LogP) is 0.369. The van der Waals surface area contributed by atoms with Gasteiger partial charge in [0, 0.05) is 26.4 Å². The Balaban J connectivity index is 2.81. The molecule has 0 aromatic carbocycles. The SMILES string of the molecule is COCCN(CCC#N)C(=O)c1cc(NN)ccn1. The van der Waals surface area contributed by atoms with E-state index in [1.165, 1.54) is 11.1 Å². The van der Waals surface area contributed by atoms with Crippen LogP contribution in [0, 0.1) is 11.3 Å². The first-order chi connectivity index (χ1) is 9.22. The lowest BCUT2D eigenvalue weighted by molar-refractivity contribution is 0.0694. The van der Waals surface area contributed by atoms with E-state index in [1.807, 2.05) is 6.07 Å². The van der Waals surface area contributed by atoms with Crippen molar-refractivity contribution in [3.8, 4) is 6.07 Å². The first-order valence-corrected chi connectivity index (χ1v) is 5.80. The summed E-state index contributed by atoms with van der Waals surface area (Å²) in [6.45, 7) is 1.17. The molecular formula is C12H17N5O2. The molecule has 102 valence electrons. The van der Waals surface area contributed by atoms with Crippen LogP contribution in [0.4, 0.5) is 5.69 Å². The predicted molar refractivity (Wildman–Crippen MR) is 70.1 cm³/mol. The number of hydrazine groups is 1. The maximum absolute atomic E-state index is 12.3. The van der Waals surface area contributed by atoms with E-state index >= 15 is 0 Å². The molecule has 7 heteroatoms. The fraction of sp³-hybridized carbons (Fsp3) is 0.417. The number of aromatic nitrogens is 1. The lowest BCUT2D eigenvalue weighted by Crippen LogP contribution is -2.35. The number of rotatable bonds is 7. The van der Waals surface area contributed by atoms with Crippen LogP contribution in [0.25, 0.3) is 0 Å². The fourth-order valence-electron chi connectivity index (χ4n) is 1.50. The number of amides is 1. The molecule has 19 heavy (non-hydrogen) atoms. The van der Waals surface area contributed by atoms with Crippen LogP contribution in [0.3, 0.4) is 0 Å². The summed E-state index contributed by atoms with van der Waals surface area (Å²) in [7, 11) is 1.56. The summed E-state index contributed by atoms with van der Waals surface area (Å²) in [4.78, 5) is 17.8. The van der Waals surface area contributed by atoms with Gasteiger partial charge in [-0.3, -0.25) is 15.6 Å². The Morgan fingerprint density at radius 1 is 1.63 bits per heavy atom. The number of ether oxygens (including phenoxy) is 1. The minimum Gasteiger partial charge on any atom is -0.383 e. The van der Waals surface area contributed by atoms with Gasteiger partial charge in [-0.2, -0.15) is 5.26 Å². The van der Waals surface area contributed by atoms with E-state index in [0.29, 0.717) is 25.4 Å². The molecule has 0 atom stereocenters. The van der Waals surface area contributed by atoms with Crippen LogP contribution in [-0.2, 0) is 4.74 Å². The van der Waals surface area contributed by atoms with Crippen molar-refractivity contribution >= 4 is 11.6 Å². The highest BCUT2D eigenvalue weighted by molar-refractivity contribution is 5.93. The van der Waals surface area contributed by atoms with Gasteiger partial charge >= 0.3 is 0 Å². The van der Waals surface area contributed by atoms with Crippen molar-refractivity contribution in [2.24, 2.45) is 5.84 Å². The molecule has 0 aliphatic heterocycles. The summed E-state index contributed by atoms with van der Waals surface area (Å²) in [5.74, 6) is 5.04. The van der Waals surface area contributed by atoms with E-state index in [2.05, 4.69) is 10.4 Å². The zero-order valence-electron chi connectivity index (χ0n) is 10.8. The molecule has 3 N–H and O–H groups in total. The van der Waals surface area contributed by atoms with Crippen molar-refractivity contribution in [1.82, 2.24) is 9.88 Å². The first kappa shape index (κ1) is 14.9. The lowest BCUT2D eigenvalue weighted by Gasteiger charge is -2.20. The van der Waals surface area contributed by atoms with Crippen molar-refractivity contribution in [3.63, 3.8) is 0 Å². The van der Waals surface area contributed by atoms with Crippen LogP contribution in [0.1, 0.15) is 16.9 Å². The van der Waals surface area contributed by atoms with Gasteiger partial charge in [0.25, 0.3) is 5.91 Å². The first-order valence-electron chi connectivity index (χ1n) is 5.80. The van der Waals surface area contributed by atoms with Gasteiger partial charge in [-0.15, -0.1) is 0 Å². The summed E-state index contributed by atoms with van der Waals surface area (Å²) >= 11 is 0. The Bertz CT molecular complexity index is 458. The Hall–Kier alpha value is -2.17. The van der Waals surface area contributed by atoms with Gasteiger partial charge in [0.15, 0.2) is 0 Å². The Morgan fingerprint density at radius 3 is 3.05 bits per heavy atom. The maximum atomic E-state index is 12.3. The van der Waals surface area contributed by atoms with Gasteiger partial charge in [0.1, 0.15) is 5.69 Å². The highest BCUT2D eigenvalue weighted by Crippen LogP contribution is 2.09. The zero-order chi connectivity index (χ0) is 14.1. The number of nitrogens with two attached hydrogens (primary N) is 1. The van der Waals surface area contributed by atoms with Crippen LogP contribution in [0.5, 0.6) is 0 Å². The number of hydrogen-bond acceptors (Lipinski definition) is 6. The molecule has 0 bridgehead atoms. The molecule has 7 nitrogen and oxygen atoms in total. The minimum atomic E-state index is -0.246. The second-order valence-corrected chi connectivity index (χ2v) is 3.77. The van der Waals surface area contributed by atoms with Crippen molar-refractivity contribution in [2.45, 2.75) is 6.42 Å². The van der Waals surface area contributed by atoms with Crippen molar-refractivity contribution in [2.75, 3.05) is 32.2 Å². The third-order valence-electron chi connectivity index (χ3n) is 2.49. The zero-order valence-corrected chi connectivity index (χ0v) is 10.8. The number of hydrogen-bond donors (Lipinski definition) is 2. The van der Waals surface area contributed by atoms with Gasteiger partial charge in [0.2, 0.25) is 0 Å². The monoisotopic (exact) mass is 263 g/mol. The molecule has 0 saturated carbocycles. The van der Waals surface area contributed by atoms with Crippen molar-refractivity contribution in [1.29, 1.82) is 5.26 Å². The Morgan fingerprint density at radius 2 is 2.42 bits per heavy atom. The summed E-state index contributed by atoms with van der Waals surface area (Å²) in [5, 5.41) is 8.61. The molecule has 1 aromatic heterocycles. The largest absolute Gasteiger partial charge is 0.383 e. The van der Waals surface area contributed by atoms with Gasteiger partial charge in [-0.25, -0.2) is 0 Å². The Kier molecular flexibility index (Phi) is 6.29. The van der Waals surface area contributed by atoms with Crippen LogP contribution >= 0.6 is 0 Å². The molecular weight excluding hydrogens is 246 g/mol. The number of anilines is 1. The molecule has 0 radical (unpaired) electrons. The molecule has 1 heterocycles. The number of carbonyl (C=O) groups excluding carboxylic acids is 1. The third kappa shape index (κ3) is 4.54. The maximum Gasteiger partial charge on any atom is 0.272 e. The van der Waals surface area contributed by atoms with Crippen molar-refractivity contribution in [3.05, 3.63) is 24.0 Å². The fourth-order valence-corrected chi connectivity index (χ4v) is 1.50. The number of carbonyl (C=O) groups is 1. The standard InChI is InChI=1S/C12H17N5O2/c1-19-8-7-17(6-2-4-13)12(18)11-9-10(16-14)3-5-15-11/h3,5,9H,2,6-8,14H2,1H3,(H,15,16). The summed E-state index contributed by atoms with van der Waals surface area (Å²) in [5.41, 5.74) is 3.34. The smallest absolute Gasteiger partial charge is 0.272 e. The number of nitriles is 1. The van der Waals surface area contributed by atoms with E-state index in [-0.39, 0.29) is 18.0 Å². The summed E-state index contributed by atoms with van der Waals surface area (Å²) < 4.78 is 4.95. The van der Waals surface area contributed by atoms with E-state index < -0.39 is 0 Å². The molecule has 0 spiro atoms. The van der Waals surface area contributed by atoms with Gasteiger partial charge in [0.05, 0.1) is 24.8 Å². The number of pyridine rings is 1. The topological polar surface area (TPSA) is 104 Å². The number of nitrogens with one attached hydrogen (secondary N) is 1. The van der Waals surface area contributed by atoms with E-state index in [1.54, 1.807) is 19.2 Å². The van der Waals surface area contributed by atoms with Gasteiger partial charge in [-0.1, -0.05) is 0 Å². The van der Waals surface area contributed by atoms with E-state index in [4.69, 9.17) is 15.8 Å². The molecule has 0 unspecified atom stereocenters. The highest BCUT2D eigenvalue weighted by atomic mass is 16.5. The van der Waals surface area contributed by atoms with Crippen LogP contribution in [0.15, 0.2) is 18.3 Å². The summed E-state index contributed by atoms with van der Waals surface area (Å²) in [6, 6.07) is 5.24. The molecule has 0 fully saturated rings. The van der Waals surface area contributed by atoms with Crippen LogP contribution < -0.4 is 11.3 Å². The van der Waals surface area contributed by atoms with Gasteiger partial charge in [-0.05, 0) is 12.1 Å². The molecule has 0 aliphatic carbocycles. The molecule has 0 aliphatic rings. The van der Waals surface area contributed by atoms with Crippen molar-refractivity contribution < 1.29 is 9.53 Å². The van der Waals surface area contributed by atoms with E-state index in [9.17, 15) is 4.79 Å². The molecule has 1 aromatic rings. The Labute approximate surface area is 111 Å². The average Bonchev–Trinajstić information content (AvgIpc) is 2.47. The number of methoxy groups -OCH3 is 1. The molecule has 1 amide bonds. The second kappa shape index (κ2) is 8.02. The molecule has 0 saturated heterocycles. The highest BCUT2D eigenvalue weighted by Gasteiger charge is 2.16. The minimum absolute atomic E-state index is 0.246. The van der Waals surface area contributed by atoms with Crippen LogP contribution in [0.2, 0.25) is 0 Å². The molecule has 1 rings (SSSR count). The quantitative estimate of drug-likeness (QED) is 0.544. The van der Waals surface area contributed by atoms with Gasteiger partial charge < -0.3 is 15.1 Å². The normalized spacial score (nSPS) is 9.74. The second-order valence-electron chi connectivity index (χ2n) is 3.77. The van der Waals surface area contributed by atoms with E-state index in [0.717, 1.165) is 0 Å². The third-order valence-corrected chi connectivity index (χ3v) is 2.49. The average molecular weight is 263 g/mol. The number of nitrogen functional groups attached to an aromatic ring is 1.